The topological polar surface area (TPSA) is 46.2 Å². The van der Waals surface area contributed by atoms with Crippen LogP contribution in [0.5, 0.6) is 0 Å². The minimum Gasteiger partial charge on any atom is -0.387 e. The number of hydrogen-bond acceptors (Lipinski definition) is 2. The fraction of sp³-hybridized carbons (Fsp3) is 0.333. The summed E-state index contributed by atoms with van der Waals surface area (Å²) in [7, 11) is 0. The zero-order chi connectivity index (χ0) is 9.14. The SMILES string of the molecule is C[C@@H](N)[C@@H](O)c1ccc(F)cc1. The van der Waals surface area contributed by atoms with Gasteiger partial charge < -0.3 is 10.8 Å². The fourth-order valence-electron chi connectivity index (χ4n) is 0.964. The van der Waals surface area contributed by atoms with Crippen molar-refractivity contribution in [2.75, 3.05) is 0 Å². The monoisotopic (exact) mass is 169 g/mol. The number of halogens is 1. The zero-order valence-electron chi connectivity index (χ0n) is 6.87. The molecule has 1 aromatic carbocycles. The maximum absolute atomic E-state index is 12.4. The molecule has 0 aliphatic rings. The Kier molecular flexibility index (Phi) is 2.78. The molecule has 0 unspecified atom stereocenters. The van der Waals surface area contributed by atoms with E-state index in [4.69, 9.17) is 5.73 Å². The van der Waals surface area contributed by atoms with Gasteiger partial charge in [0, 0.05) is 6.04 Å². The van der Waals surface area contributed by atoms with Gasteiger partial charge in [0.1, 0.15) is 5.82 Å². The standard InChI is InChI=1S/C9H12FNO/c1-6(11)9(12)7-2-4-8(10)5-3-7/h2-6,9,12H,11H2,1H3/t6-,9-/m1/s1. The van der Waals surface area contributed by atoms with E-state index in [9.17, 15) is 9.50 Å². The summed E-state index contributed by atoms with van der Waals surface area (Å²) in [6.07, 6.45) is -0.717. The van der Waals surface area contributed by atoms with Crippen molar-refractivity contribution in [3.8, 4) is 0 Å². The molecule has 12 heavy (non-hydrogen) atoms. The fourth-order valence-corrected chi connectivity index (χ4v) is 0.964. The second-order valence-electron chi connectivity index (χ2n) is 2.86. The van der Waals surface area contributed by atoms with E-state index in [1.165, 1.54) is 24.3 Å². The molecule has 66 valence electrons. The van der Waals surface area contributed by atoms with Gasteiger partial charge in [0.2, 0.25) is 0 Å². The molecule has 0 spiro atoms. The maximum atomic E-state index is 12.4. The Morgan fingerprint density at radius 2 is 1.83 bits per heavy atom. The van der Waals surface area contributed by atoms with Crippen molar-refractivity contribution >= 4 is 0 Å². The molecule has 0 radical (unpaired) electrons. The summed E-state index contributed by atoms with van der Waals surface area (Å²) in [5.41, 5.74) is 6.11. The number of aliphatic hydroxyl groups is 1. The van der Waals surface area contributed by atoms with Crippen molar-refractivity contribution in [2.45, 2.75) is 19.1 Å². The smallest absolute Gasteiger partial charge is 0.123 e. The van der Waals surface area contributed by atoms with Crippen molar-refractivity contribution in [1.82, 2.24) is 0 Å². The molecule has 0 fully saturated rings. The predicted molar refractivity (Wildman–Crippen MR) is 45.0 cm³/mol. The Labute approximate surface area is 70.8 Å². The highest BCUT2D eigenvalue weighted by Crippen LogP contribution is 2.15. The van der Waals surface area contributed by atoms with Crippen LogP contribution in [-0.4, -0.2) is 11.1 Å². The summed E-state index contributed by atoms with van der Waals surface area (Å²) in [6.45, 7) is 1.70. The number of benzene rings is 1. The van der Waals surface area contributed by atoms with E-state index in [2.05, 4.69) is 0 Å². The van der Waals surface area contributed by atoms with Gasteiger partial charge in [0.05, 0.1) is 6.10 Å². The predicted octanol–water partition coefficient (Wildman–Crippen LogP) is 1.21. The average molecular weight is 169 g/mol. The third-order valence-electron chi connectivity index (χ3n) is 1.71. The molecule has 2 atom stereocenters. The minimum absolute atomic E-state index is 0.310. The Hall–Kier alpha value is -0.930. The van der Waals surface area contributed by atoms with Crippen molar-refractivity contribution in [2.24, 2.45) is 5.73 Å². The molecular formula is C9H12FNO. The Bertz CT molecular complexity index is 245. The summed E-state index contributed by atoms with van der Waals surface area (Å²) >= 11 is 0. The second-order valence-corrected chi connectivity index (χ2v) is 2.86. The van der Waals surface area contributed by atoms with Crippen LogP contribution in [0.15, 0.2) is 24.3 Å². The molecular weight excluding hydrogens is 157 g/mol. The zero-order valence-corrected chi connectivity index (χ0v) is 6.87. The highest BCUT2D eigenvalue weighted by atomic mass is 19.1. The molecule has 2 nitrogen and oxygen atoms in total. The van der Waals surface area contributed by atoms with E-state index >= 15 is 0 Å². The van der Waals surface area contributed by atoms with Gasteiger partial charge in [-0.3, -0.25) is 0 Å². The lowest BCUT2D eigenvalue weighted by atomic mass is 10.0. The van der Waals surface area contributed by atoms with Crippen LogP contribution in [0.1, 0.15) is 18.6 Å². The molecule has 0 amide bonds. The molecule has 0 aliphatic heterocycles. The first-order chi connectivity index (χ1) is 5.61. The van der Waals surface area contributed by atoms with Crippen LogP contribution in [0.3, 0.4) is 0 Å². The maximum Gasteiger partial charge on any atom is 0.123 e. The van der Waals surface area contributed by atoms with Crippen LogP contribution in [0.25, 0.3) is 0 Å². The molecule has 0 heterocycles. The average Bonchev–Trinajstić information content (AvgIpc) is 2.04. The van der Waals surface area contributed by atoms with Gasteiger partial charge in [0.15, 0.2) is 0 Å². The summed E-state index contributed by atoms with van der Waals surface area (Å²) in [5.74, 6) is -0.310. The first-order valence-corrected chi connectivity index (χ1v) is 3.80. The minimum atomic E-state index is -0.717. The molecule has 1 aromatic rings. The molecule has 3 N–H and O–H groups in total. The van der Waals surface area contributed by atoms with E-state index in [1.54, 1.807) is 6.92 Å². The van der Waals surface area contributed by atoms with Crippen molar-refractivity contribution in [3.05, 3.63) is 35.6 Å². The molecule has 0 aliphatic carbocycles. The molecule has 0 bridgehead atoms. The first kappa shape index (κ1) is 9.16. The summed E-state index contributed by atoms with van der Waals surface area (Å²) in [4.78, 5) is 0. The van der Waals surface area contributed by atoms with Crippen LogP contribution < -0.4 is 5.73 Å². The van der Waals surface area contributed by atoms with Gasteiger partial charge in [0.25, 0.3) is 0 Å². The van der Waals surface area contributed by atoms with E-state index in [0.717, 1.165) is 0 Å². The number of aliphatic hydroxyl groups excluding tert-OH is 1. The number of nitrogens with two attached hydrogens (primary N) is 1. The van der Waals surface area contributed by atoms with Crippen LogP contribution >= 0.6 is 0 Å². The third kappa shape index (κ3) is 2.03. The highest BCUT2D eigenvalue weighted by Gasteiger charge is 2.11. The molecule has 1 rings (SSSR count). The van der Waals surface area contributed by atoms with Gasteiger partial charge in [-0.25, -0.2) is 4.39 Å². The van der Waals surface area contributed by atoms with E-state index in [-0.39, 0.29) is 11.9 Å². The largest absolute Gasteiger partial charge is 0.387 e. The summed E-state index contributed by atoms with van der Waals surface area (Å²) < 4.78 is 12.4. The van der Waals surface area contributed by atoms with Crippen LogP contribution in [-0.2, 0) is 0 Å². The van der Waals surface area contributed by atoms with Gasteiger partial charge in [-0.1, -0.05) is 12.1 Å². The highest BCUT2D eigenvalue weighted by molar-refractivity contribution is 5.19. The molecule has 0 saturated heterocycles. The summed E-state index contributed by atoms with van der Waals surface area (Å²) in [6, 6.07) is 5.34. The lowest BCUT2D eigenvalue weighted by Crippen LogP contribution is -2.24. The third-order valence-corrected chi connectivity index (χ3v) is 1.71. The van der Waals surface area contributed by atoms with Gasteiger partial charge in [-0.2, -0.15) is 0 Å². The van der Waals surface area contributed by atoms with Crippen molar-refractivity contribution in [1.29, 1.82) is 0 Å². The lowest BCUT2D eigenvalue weighted by molar-refractivity contribution is 0.153. The van der Waals surface area contributed by atoms with Crippen LogP contribution in [0, 0.1) is 5.82 Å². The number of hydrogen-bond donors (Lipinski definition) is 2. The van der Waals surface area contributed by atoms with Crippen LogP contribution in [0.4, 0.5) is 4.39 Å². The first-order valence-electron chi connectivity index (χ1n) is 3.80. The Balaban J connectivity index is 2.82. The van der Waals surface area contributed by atoms with Gasteiger partial charge >= 0.3 is 0 Å². The van der Waals surface area contributed by atoms with E-state index in [0.29, 0.717) is 5.56 Å². The van der Waals surface area contributed by atoms with Gasteiger partial charge in [-0.15, -0.1) is 0 Å². The Morgan fingerprint density at radius 3 is 2.25 bits per heavy atom. The number of rotatable bonds is 2. The Morgan fingerprint density at radius 1 is 1.33 bits per heavy atom. The molecule has 0 aromatic heterocycles. The van der Waals surface area contributed by atoms with Crippen molar-refractivity contribution in [3.63, 3.8) is 0 Å². The van der Waals surface area contributed by atoms with E-state index in [1.807, 2.05) is 0 Å². The molecule has 0 saturated carbocycles. The summed E-state index contributed by atoms with van der Waals surface area (Å²) in [5, 5.41) is 9.44. The van der Waals surface area contributed by atoms with E-state index < -0.39 is 6.10 Å². The second kappa shape index (κ2) is 3.65. The van der Waals surface area contributed by atoms with Gasteiger partial charge in [-0.05, 0) is 24.6 Å². The lowest BCUT2D eigenvalue weighted by Gasteiger charge is -2.14. The van der Waals surface area contributed by atoms with Crippen LogP contribution in [0.2, 0.25) is 0 Å². The quantitative estimate of drug-likeness (QED) is 0.699. The molecule has 3 heteroatoms. The van der Waals surface area contributed by atoms with Crippen molar-refractivity contribution < 1.29 is 9.50 Å². The normalized spacial score (nSPS) is 15.7.